The number of nitrogens with one attached hydrogen (secondary N) is 1. The normalized spacial score (nSPS) is 24.4. The smallest absolute Gasteiger partial charge is 0.340 e. The van der Waals surface area contributed by atoms with Gasteiger partial charge in [-0.25, -0.2) is 14.8 Å². The highest BCUT2D eigenvalue weighted by Gasteiger charge is 2.51. The van der Waals surface area contributed by atoms with E-state index in [4.69, 9.17) is 5.10 Å². The van der Waals surface area contributed by atoms with Gasteiger partial charge in [0.1, 0.15) is 17.1 Å². The number of aromatic nitrogens is 7. The second-order valence-corrected chi connectivity index (χ2v) is 12.7. The molecule has 5 heterocycles. The van der Waals surface area contributed by atoms with Gasteiger partial charge in [-0.05, 0) is 98.4 Å². The van der Waals surface area contributed by atoms with Crippen molar-refractivity contribution in [2.45, 2.75) is 52.0 Å². The van der Waals surface area contributed by atoms with Crippen LogP contribution in [0.25, 0.3) is 28.2 Å². The van der Waals surface area contributed by atoms with Gasteiger partial charge in [-0.3, -0.25) is 9.08 Å². The van der Waals surface area contributed by atoms with Crippen molar-refractivity contribution in [3.8, 4) is 22.5 Å². The van der Waals surface area contributed by atoms with E-state index in [1.807, 2.05) is 54.3 Å². The fourth-order valence-electron chi connectivity index (χ4n) is 8.40. The van der Waals surface area contributed by atoms with Crippen LogP contribution in [-0.4, -0.2) is 45.4 Å². The van der Waals surface area contributed by atoms with Crippen LogP contribution in [0.3, 0.4) is 0 Å². The molecule has 0 unspecified atom stereocenters. The largest absolute Gasteiger partial charge is 0.478 e. The summed E-state index contributed by atoms with van der Waals surface area (Å²) in [4.78, 5) is 21.4. The topological polar surface area (TPSA) is 123 Å². The molecule has 42 heavy (non-hydrogen) atoms. The number of hydrogen-bond donors (Lipinski definition) is 2. The van der Waals surface area contributed by atoms with Crippen LogP contribution in [-0.2, 0) is 6.54 Å². The number of carboxylic acids is 1. The molecule has 4 aliphatic rings. The predicted molar refractivity (Wildman–Crippen MR) is 157 cm³/mol. The zero-order valence-corrected chi connectivity index (χ0v) is 23.4. The summed E-state index contributed by atoms with van der Waals surface area (Å²) >= 11 is 0. The van der Waals surface area contributed by atoms with Crippen molar-refractivity contribution in [3.05, 3.63) is 72.4 Å². The number of aromatic carboxylic acids is 1. The van der Waals surface area contributed by atoms with Gasteiger partial charge in [-0.2, -0.15) is 5.10 Å². The summed E-state index contributed by atoms with van der Waals surface area (Å²) in [6.45, 7) is 2.85. The second kappa shape index (κ2) is 9.47. The van der Waals surface area contributed by atoms with E-state index < -0.39 is 5.97 Å². The monoisotopic (exact) mass is 560 g/mol. The SMILES string of the molecule is Cc1cc(-c2cnc3c(C(=O)O)c(-c4cnn(CC56CC7CC(CC(C7)C5)C6)c4)ccn23)nnc1Nc1ccccn1. The van der Waals surface area contributed by atoms with Crippen molar-refractivity contribution in [1.29, 1.82) is 0 Å². The highest BCUT2D eigenvalue weighted by molar-refractivity contribution is 6.02. The Balaban J connectivity index is 1.10. The molecule has 4 bridgehead atoms. The molecule has 0 amide bonds. The van der Waals surface area contributed by atoms with E-state index in [1.54, 1.807) is 23.0 Å². The zero-order valence-electron chi connectivity index (χ0n) is 23.4. The molecule has 212 valence electrons. The number of anilines is 2. The molecule has 4 fully saturated rings. The lowest BCUT2D eigenvalue weighted by molar-refractivity contribution is -0.0635. The average Bonchev–Trinajstić information content (AvgIpc) is 3.60. The maximum Gasteiger partial charge on any atom is 0.340 e. The van der Waals surface area contributed by atoms with Crippen LogP contribution in [0.4, 0.5) is 11.6 Å². The van der Waals surface area contributed by atoms with Crippen molar-refractivity contribution in [1.82, 2.24) is 34.3 Å². The molecule has 10 heteroatoms. The Morgan fingerprint density at radius 2 is 1.83 bits per heavy atom. The fraction of sp³-hybridized carbons (Fsp3) is 0.375. The molecule has 4 saturated carbocycles. The molecule has 0 radical (unpaired) electrons. The van der Waals surface area contributed by atoms with E-state index in [0.29, 0.717) is 39.6 Å². The first-order valence-corrected chi connectivity index (χ1v) is 14.7. The summed E-state index contributed by atoms with van der Waals surface area (Å²) < 4.78 is 3.82. The van der Waals surface area contributed by atoms with E-state index in [0.717, 1.165) is 35.4 Å². The number of hydrogen-bond acceptors (Lipinski definition) is 7. The van der Waals surface area contributed by atoms with Crippen LogP contribution in [0.1, 0.15) is 54.4 Å². The molecule has 10 nitrogen and oxygen atoms in total. The van der Waals surface area contributed by atoms with Gasteiger partial charge < -0.3 is 10.4 Å². The third-order valence-electron chi connectivity index (χ3n) is 9.66. The Morgan fingerprint density at radius 1 is 1.05 bits per heavy atom. The molecule has 2 N–H and O–H groups in total. The lowest BCUT2D eigenvalue weighted by Gasteiger charge is -2.56. The third-order valence-corrected chi connectivity index (χ3v) is 9.66. The Bertz CT molecular complexity index is 1790. The Labute approximate surface area is 242 Å². The molecule has 0 atom stereocenters. The summed E-state index contributed by atoms with van der Waals surface area (Å²) in [5, 5.41) is 27.0. The van der Waals surface area contributed by atoms with Gasteiger partial charge in [-0.15, -0.1) is 10.2 Å². The summed E-state index contributed by atoms with van der Waals surface area (Å²) in [6, 6.07) is 9.35. The highest BCUT2D eigenvalue weighted by Crippen LogP contribution is 2.60. The van der Waals surface area contributed by atoms with Crippen LogP contribution in [0.15, 0.2) is 61.3 Å². The minimum Gasteiger partial charge on any atom is -0.478 e. The van der Waals surface area contributed by atoms with Gasteiger partial charge in [-0.1, -0.05) is 6.07 Å². The summed E-state index contributed by atoms with van der Waals surface area (Å²) in [6.07, 6.45) is 17.2. The molecule has 0 saturated heterocycles. The number of carbonyl (C=O) groups is 1. The highest BCUT2D eigenvalue weighted by atomic mass is 16.4. The Morgan fingerprint density at radius 3 is 2.52 bits per heavy atom. The van der Waals surface area contributed by atoms with Gasteiger partial charge in [0.2, 0.25) is 0 Å². The van der Waals surface area contributed by atoms with Crippen molar-refractivity contribution < 1.29 is 9.90 Å². The predicted octanol–water partition coefficient (Wildman–Crippen LogP) is 6.02. The van der Waals surface area contributed by atoms with Crippen LogP contribution in [0, 0.1) is 30.1 Å². The number of fused-ring (bicyclic) bond motifs is 1. The molecule has 4 aliphatic carbocycles. The third kappa shape index (κ3) is 4.24. The van der Waals surface area contributed by atoms with Crippen LogP contribution >= 0.6 is 0 Å². The van der Waals surface area contributed by atoms with E-state index in [-0.39, 0.29) is 5.56 Å². The maximum atomic E-state index is 12.6. The Hall–Kier alpha value is -4.60. The van der Waals surface area contributed by atoms with E-state index in [9.17, 15) is 9.90 Å². The molecule has 0 aromatic carbocycles. The van der Waals surface area contributed by atoms with Gasteiger partial charge >= 0.3 is 5.97 Å². The minimum atomic E-state index is -1.03. The molecular weight excluding hydrogens is 528 g/mol. The number of imidazole rings is 1. The number of aryl methyl sites for hydroxylation is 1. The number of pyridine rings is 2. The number of rotatable bonds is 7. The van der Waals surface area contributed by atoms with Crippen LogP contribution < -0.4 is 5.32 Å². The van der Waals surface area contributed by atoms with Gasteiger partial charge in [0, 0.05) is 36.3 Å². The minimum absolute atomic E-state index is 0.149. The van der Waals surface area contributed by atoms with E-state index >= 15 is 0 Å². The lowest BCUT2D eigenvalue weighted by atomic mass is 9.49. The van der Waals surface area contributed by atoms with Crippen LogP contribution in [0.5, 0.6) is 0 Å². The van der Waals surface area contributed by atoms with Gasteiger partial charge in [0.15, 0.2) is 11.5 Å². The average molecular weight is 561 g/mol. The first-order valence-electron chi connectivity index (χ1n) is 14.7. The summed E-state index contributed by atoms with van der Waals surface area (Å²) in [5.41, 5.74) is 4.40. The molecule has 0 spiro atoms. The fourth-order valence-corrected chi connectivity index (χ4v) is 8.40. The first kappa shape index (κ1) is 25.1. The Kier molecular flexibility index (Phi) is 5.67. The molecule has 5 aromatic rings. The number of nitrogens with zero attached hydrogens (tertiary/aromatic N) is 7. The zero-order chi connectivity index (χ0) is 28.4. The summed E-state index contributed by atoms with van der Waals surface area (Å²) in [5.74, 6) is 2.89. The van der Waals surface area contributed by atoms with Crippen LogP contribution in [0.2, 0.25) is 0 Å². The lowest BCUT2D eigenvalue weighted by Crippen LogP contribution is -2.47. The molecular formula is C32H32N8O2. The van der Waals surface area contributed by atoms with E-state index in [1.165, 1.54) is 38.5 Å². The molecule has 9 rings (SSSR count). The number of carboxylic acid groups (broad SMARTS) is 1. The first-order chi connectivity index (χ1) is 20.4. The molecule has 5 aromatic heterocycles. The standard InChI is InChI=1S/C32H32N8O2/c1-19-8-25(37-38-29(19)36-27-4-2-3-6-33-27)26-16-34-30-28(31(41)42)24(5-7-40(26)30)23-15-35-39(17-23)18-32-12-20-9-21(13-32)11-22(10-20)14-32/h2-8,15-17,20-22H,9-14,18H2,1H3,(H,41,42)(H,33,36,38). The van der Waals surface area contributed by atoms with Crippen molar-refractivity contribution >= 4 is 23.3 Å². The maximum absolute atomic E-state index is 12.6. The summed E-state index contributed by atoms with van der Waals surface area (Å²) in [7, 11) is 0. The quantitative estimate of drug-likeness (QED) is 0.248. The van der Waals surface area contributed by atoms with Crippen molar-refractivity contribution in [2.75, 3.05) is 5.32 Å². The second-order valence-electron chi connectivity index (χ2n) is 12.7. The van der Waals surface area contributed by atoms with Gasteiger partial charge in [0.05, 0.1) is 18.1 Å². The van der Waals surface area contributed by atoms with Crippen molar-refractivity contribution in [2.24, 2.45) is 23.2 Å². The molecule has 0 aliphatic heterocycles. The van der Waals surface area contributed by atoms with E-state index in [2.05, 4.69) is 25.5 Å². The van der Waals surface area contributed by atoms with Crippen molar-refractivity contribution in [3.63, 3.8) is 0 Å². The van der Waals surface area contributed by atoms with Gasteiger partial charge in [0.25, 0.3) is 0 Å².